The first kappa shape index (κ1) is 32.7. The average Bonchev–Trinajstić information content (AvgIpc) is 2.86. The first-order valence-corrected chi connectivity index (χ1v) is 29.2. The van der Waals surface area contributed by atoms with Crippen LogP contribution in [0, 0.1) is 0 Å². The Labute approximate surface area is 245 Å². The maximum atomic E-state index is 4.88. The van der Waals surface area contributed by atoms with E-state index in [2.05, 4.69) is 161 Å². The van der Waals surface area contributed by atoms with Gasteiger partial charge in [0.1, 0.15) is 0 Å². The molecule has 4 aromatic carbocycles. The van der Waals surface area contributed by atoms with E-state index in [1.54, 1.807) is 0 Å². The molecule has 0 atom stereocenters. The molecule has 0 N–H and O–H groups in total. The maximum absolute atomic E-state index is 4.88. The molecule has 0 unspecified atom stereocenters. The van der Waals surface area contributed by atoms with Crippen molar-refractivity contribution in [3.8, 4) is 0 Å². The summed E-state index contributed by atoms with van der Waals surface area (Å²) in [5.41, 5.74) is 0. The van der Waals surface area contributed by atoms with Crippen LogP contribution in [0.15, 0.2) is 121 Å². The first-order valence-electron chi connectivity index (χ1n) is 12.2. The second-order valence-corrected chi connectivity index (χ2v) is 36.5. The van der Waals surface area contributed by atoms with Gasteiger partial charge in [-0.3, -0.25) is 0 Å². The molecule has 0 bridgehead atoms. The van der Waals surface area contributed by atoms with Crippen molar-refractivity contribution < 1.29 is 16.5 Å². The molecule has 37 heavy (non-hydrogen) atoms. The number of benzene rings is 4. The molecule has 4 rings (SSSR count). The third kappa shape index (κ3) is 11.2. The number of hydrogen-bond donors (Lipinski definition) is 0. The van der Waals surface area contributed by atoms with Crippen molar-refractivity contribution >= 4 is 70.5 Å². The van der Waals surface area contributed by atoms with Crippen LogP contribution in [0.3, 0.4) is 0 Å². The van der Waals surface area contributed by atoms with Gasteiger partial charge in [-0.2, -0.15) is 0 Å². The van der Waals surface area contributed by atoms with Crippen molar-refractivity contribution in [2.24, 2.45) is 0 Å². The van der Waals surface area contributed by atoms with Crippen molar-refractivity contribution in [1.29, 1.82) is 0 Å². The molecule has 0 heterocycles. The van der Waals surface area contributed by atoms with Crippen LogP contribution in [-0.4, -0.2) is 15.5 Å². The van der Waals surface area contributed by atoms with Crippen molar-refractivity contribution in [3.63, 3.8) is 0 Å². The third-order valence-corrected chi connectivity index (χ3v) is 22.5. The molecule has 0 aliphatic rings. The van der Waals surface area contributed by atoms with E-state index in [1.165, 1.54) is 21.2 Å². The molecule has 0 nitrogen and oxygen atoms in total. The predicted molar refractivity (Wildman–Crippen MR) is 177 cm³/mol. The zero-order valence-corrected chi connectivity index (χ0v) is 30.1. The Morgan fingerprint density at radius 3 is 0.703 bits per heavy atom. The van der Waals surface area contributed by atoms with Gasteiger partial charge in [-0.05, 0) is 21.2 Å². The summed E-state index contributed by atoms with van der Waals surface area (Å²) in [5, 5.41) is 6.08. The Kier molecular flexibility index (Phi) is 14.6. The van der Waals surface area contributed by atoms with E-state index in [-0.39, 0.29) is 14.9 Å². The van der Waals surface area contributed by atoms with Crippen LogP contribution < -0.4 is 21.2 Å². The summed E-state index contributed by atoms with van der Waals surface area (Å²) in [6, 6.07) is 44.0. The molecule has 0 fully saturated rings. The SMILES string of the molecule is C[Si](C)(C)P(c1ccccc1)c1ccccc1.C[Si](C)(C)P(c1ccccc1)c1ccccc1.[Cl][Pt][Cl]. The molecular formula is C30H38Cl2P2PtSi2. The van der Waals surface area contributed by atoms with Gasteiger partial charge >= 0.3 is 35.3 Å². The number of hydrogen-bond acceptors (Lipinski definition) is 0. The second kappa shape index (κ2) is 16.5. The minimum absolute atomic E-state index is 0.153. The molecule has 0 saturated carbocycles. The monoisotopic (exact) mass is 781 g/mol. The van der Waals surface area contributed by atoms with Crippen molar-refractivity contribution in [3.05, 3.63) is 121 Å². The van der Waals surface area contributed by atoms with Crippen LogP contribution in [-0.2, 0) is 16.5 Å². The summed E-state index contributed by atoms with van der Waals surface area (Å²) in [4.78, 5) is 0. The molecule has 0 amide bonds. The van der Waals surface area contributed by atoms with Crippen LogP contribution in [0.4, 0.5) is 0 Å². The number of halogens is 2. The van der Waals surface area contributed by atoms with E-state index in [4.69, 9.17) is 18.8 Å². The molecule has 4 aromatic rings. The predicted octanol–water partition coefficient (Wildman–Crippen LogP) is 9.28. The molecule has 0 aliphatic heterocycles. The van der Waals surface area contributed by atoms with Gasteiger partial charge in [0.15, 0.2) is 0 Å². The van der Waals surface area contributed by atoms with Crippen LogP contribution in [0.25, 0.3) is 0 Å². The van der Waals surface area contributed by atoms with Gasteiger partial charge in [0.05, 0.1) is 15.5 Å². The summed E-state index contributed by atoms with van der Waals surface area (Å²) in [5.74, 6) is 0. The van der Waals surface area contributed by atoms with Crippen LogP contribution in [0.5, 0.6) is 0 Å². The first-order chi connectivity index (χ1) is 17.6. The Bertz CT molecular complexity index is 966. The van der Waals surface area contributed by atoms with E-state index in [1.807, 2.05) is 0 Å². The van der Waals surface area contributed by atoms with Crippen molar-refractivity contribution in [2.45, 2.75) is 39.3 Å². The van der Waals surface area contributed by atoms with Crippen LogP contribution in [0.2, 0.25) is 39.3 Å². The Morgan fingerprint density at radius 1 is 0.405 bits per heavy atom. The fraction of sp³-hybridized carbons (Fsp3) is 0.200. The molecular weight excluding hydrogens is 744 g/mol. The molecule has 200 valence electrons. The molecule has 0 aliphatic carbocycles. The molecule has 0 spiro atoms. The zero-order chi connectivity index (χ0) is 27.3. The van der Waals surface area contributed by atoms with Gasteiger partial charge < -0.3 is 0 Å². The van der Waals surface area contributed by atoms with Gasteiger partial charge in [-0.15, -0.1) is 0 Å². The van der Waals surface area contributed by atoms with E-state index < -0.39 is 32.0 Å². The Balaban J connectivity index is 0.000000235. The average molecular weight is 783 g/mol. The minimum atomic E-state index is -1.20. The molecule has 7 heteroatoms. The Hall–Kier alpha value is -0.558. The summed E-state index contributed by atoms with van der Waals surface area (Å²) < 4.78 is 0. The van der Waals surface area contributed by atoms with Gasteiger partial charge in [-0.1, -0.05) is 176 Å². The van der Waals surface area contributed by atoms with Crippen molar-refractivity contribution in [1.82, 2.24) is 0 Å². The third-order valence-electron chi connectivity index (χ3n) is 5.40. The van der Waals surface area contributed by atoms with Crippen LogP contribution >= 0.6 is 33.8 Å². The van der Waals surface area contributed by atoms with E-state index in [0.29, 0.717) is 0 Å². The van der Waals surface area contributed by atoms with Gasteiger partial charge in [-0.25, -0.2) is 0 Å². The van der Waals surface area contributed by atoms with E-state index in [0.717, 1.165) is 0 Å². The van der Waals surface area contributed by atoms with Crippen molar-refractivity contribution in [2.75, 3.05) is 0 Å². The van der Waals surface area contributed by atoms with E-state index >= 15 is 0 Å². The standard InChI is InChI=1S/2C15H19PSi.2ClH.Pt/c2*1-17(2,3)16(14-10-6-4-7-11-14)15-12-8-5-9-13-15;;;/h2*4-13H,1-3H3;2*1H;/q;;;;+2/p-2. The fourth-order valence-corrected chi connectivity index (χ4v) is 20.8. The van der Waals surface area contributed by atoms with Gasteiger partial charge in [0.25, 0.3) is 0 Å². The quantitative estimate of drug-likeness (QED) is 0.135. The van der Waals surface area contributed by atoms with Gasteiger partial charge in [0.2, 0.25) is 0 Å². The Morgan fingerprint density at radius 2 is 0.568 bits per heavy atom. The summed E-state index contributed by atoms with van der Waals surface area (Å²) in [6.45, 7) is 14.8. The second-order valence-electron chi connectivity index (χ2n) is 10.4. The summed E-state index contributed by atoms with van der Waals surface area (Å²) in [7, 11) is 7.04. The van der Waals surface area contributed by atoms with Crippen LogP contribution in [0.1, 0.15) is 0 Å². The van der Waals surface area contributed by atoms with Gasteiger partial charge in [0, 0.05) is 0 Å². The normalized spacial score (nSPS) is 11.4. The summed E-state index contributed by atoms with van der Waals surface area (Å²) in [6.07, 6.45) is 0. The number of rotatable bonds is 6. The molecule has 0 aromatic heterocycles. The topological polar surface area (TPSA) is 0 Å². The summed E-state index contributed by atoms with van der Waals surface area (Å²) >= 11 is -0.472. The van der Waals surface area contributed by atoms with E-state index in [9.17, 15) is 0 Å². The molecule has 0 radical (unpaired) electrons. The molecule has 0 saturated heterocycles. The zero-order valence-electron chi connectivity index (χ0n) is 22.5. The fourth-order valence-electron chi connectivity index (χ4n) is 4.16.